The zero-order valence-corrected chi connectivity index (χ0v) is 13.1. The second-order valence-corrected chi connectivity index (χ2v) is 5.69. The molecule has 3 N–H and O–H groups in total. The van der Waals surface area contributed by atoms with E-state index in [2.05, 4.69) is 9.97 Å². The topological polar surface area (TPSA) is 74.1 Å². The summed E-state index contributed by atoms with van der Waals surface area (Å²) >= 11 is 0. The van der Waals surface area contributed by atoms with Gasteiger partial charge in [0.2, 0.25) is 5.88 Å². The Labute approximate surface area is 140 Å². The third-order valence-corrected chi connectivity index (χ3v) is 4.23. The monoisotopic (exact) mass is 341 g/mol. The molecule has 25 heavy (non-hydrogen) atoms. The van der Waals surface area contributed by atoms with E-state index >= 15 is 0 Å². The molecule has 126 valence electrons. The van der Waals surface area contributed by atoms with Gasteiger partial charge in [0.25, 0.3) is 0 Å². The Kier molecular flexibility index (Phi) is 3.24. The fourth-order valence-corrected chi connectivity index (χ4v) is 2.98. The van der Waals surface area contributed by atoms with E-state index in [4.69, 9.17) is 0 Å². The molecular formula is C18H13F2N3O2. The van der Waals surface area contributed by atoms with Crippen LogP contribution in [0.3, 0.4) is 0 Å². The van der Waals surface area contributed by atoms with Crippen LogP contribution in [0.4, 0.5) is 8.78 Å². The lowest BCUT2D eigenvalue weighted by Gasteiger charge is -2.12. The van der Waals surface area contributed by atoms with Crippen LogP contribution in [-0.2, 0) is 0 Å². The van der Waals surface area contributed by atoms with Gasteiger partial charge in [-0.05, 0) is 37.3 Å². The Bertz CT molecular complexity index is 1120. The number of benzene rings is 2. The van der Waals surface area contributed by atoms with Crippen molar-refractivity contribution in [1.29, 1.82) is 0 Å². The molecule has 2 aromatic heterocycles. The predicted octanol–water partition coefficient (Wildman–Crippen LogP) is 4.02. The van der Waals surface area contributed by atoms with Gasteiger partial charge >= 0.3 is 0 Å². The van der Waals surface area contributed by atoms with Crippen molar-refractivity contribution < 1.29 is 19.0 Å². The summed E-state index contributed by atoms with van der Waals surface area (Å²) in [6.45, 7) is 1.53. The first kappa shape index (κ1) is 15.2. The summed E-state index contributed by atoms with van der Waals surface area (Å²) in [7, 11) is 0. The average Bonchev–Trinajstić information content (AvgIpc) is 3.15. The number of hydrogen-bond acceptors (Lipinski definition) is 3. The van der Waals surface area contributed by atoms with Crippen molar-refractivity contribution in [3.8, 4) is 28.6 Å². The second kappa shape index (κ2) is 5.34. The standard InChI is InChI=1S/C18H13F2N3O2/c1-9-16(11-3-2-4-12(19)15(11)20)23(18(25)17(9)24)10-5-6-13-14(7-10)22-8-21-13/h2-8,24-25H,1H3,(H,21,22). The quantitative estimate of drug-likeness (QED) is 0.515. The molecule has 0 bridgehead atoms. The number of rotatable bonds is 2. The average molecular weight is 341 g/mol. The van der Waals surface area contributed by atoms with Gasteiger partial charge in [-0.2, -0.15) is 0 Å². The number of imidazole rings is 1. The first-order valence-corrected chi connectivity index (χ1v) is 7.50. The molecule has 0 aliphatic heterocycles. The zero-order valence-electron chi connectivity index (χ0n) is 13.1. The number of nitrogens with one attached hydrogen (secondary N) is 1. The van der Waals surface area contributed by atoms with E-state index in [-0.39, 0.29) is 22.6 Å². The van der Waals surface area contributed by atoms with Crippen LogP contribution in [0.15, 0.2) is 42.7 Å². The third-order valence-electron chi connectivity index (χ3n) is 4.23. The van der Waals surface area contributed by atoms with Crippen molar-refractivity contribution >= 4 is 11.0 Å². The van der Waals surface area contributed by atoms with Crippen LogP contribution < -0.4 is 0 Å². The van der Waals surface area contributed by atoms with Crippen LogP contribution in [0.2, 0.25) is 0 Å². The number of aromatic nitrogens is 3. The van der Waals surface area contributed by atoms with Crippen molar-refractivity contribution in [2.45, 2.75) is 6.92 Å². The molecule has 7 heteroatoms. The van der Waals surface area contributed by atoms with E-state index < -0.39 is 17.5 Å². The van der Waals surface area contributed by atoms with Gasteiger partial charge in [-0.25, -0.2) is 13.8 Å². The van der Waals surface area contributed by atoms with Crippen molar-refractivity contribution in [2.24, 2.45) is 0 Å². The minimum absolute atomic E-state index is 0.0576. The summed E-state index contributed by atoms with van der Waals surface area (Å²) in [5.41, 5.74) is 2.25. The van der Waals surface area contributed by atoms with Gasteiger partial charge in [0.1, 0.15) is 0 Å². The molecule has 0 atom stereocenters. The molecule has 4 aromatic rings. The van der Waals surface area contributed by atoms with Gasteiger partial charge < -0.3 is 15.2 Å². The lowest BCUT2D eigenvalue weighted by atomic mass is 10.1. The van der Waals surface area contributed by atoms with Gasteiger partial charge in [0.05, 0.1) is 28.7 Å². The van der Waals surface area contributed by atoms with Crippen LogP contribution in [0.25, 0.3) is 28.0 Å². The first-order chi connectivity index (χ1) is 12.0. The van der Waals surface area contributed by atoms with Gasteiger partial charge in [-0.3, -0.25) is 4.57 Å². The number of hydrogen-bond donors (Lipinski definition) is 3. The Morgan fingerprint density at radius 2 is 1.92 bits per heavy atom. The minimum atomic E-state index is -1.05. The van der Waals surface area contributed by atoms with Gasteiger partial charge in [0, 0.05) is 11.1 Å². The molecule has 0 saturated heterocycles. The number of H-pyrrole nitrogens is 1. The van der Waals surface area contributed by atoms with Gasteiger partial charge in [-0.15, -0.1) is 0 Å². The highest BCUT2D eigenvalue weighted by atomic mass is 19.2. The maximum absolute atomic E-state index is 14.3. The summed E-state index contributed by atoms with van der Waals surface area (Å²) in [6.07, 6.45) is 1.53. The van der Waals surface area contributed by atoms with Crippen LogP contribution in [0.1, 0.15) is 5.56 Å². The fourth-order valence-electron chi connectivity index (χ4n) is 2.98. The summed E-state index contributed by atoms with van der Waals surface area (Å²) in [5, 5.41) is 20.5. The summed E-state index contributed by atoms with van der Waals surface area (Å²) in [4.78, 5) is 7.07. The van der Waals surface area contributed by atoms with Crippen molar-refractivity contribution in [1.82, 2.24) is 14.5 Å². The van der Waals surface area contributed by atoms with E-state index in [0.717, 1.165) is 11.6 Å². The number of halogens is 2. The highest BCUT2D eigenvalue weighted by molar-refractivity contribution is 5.79. The Morgan fingerprint density at radius 3 is 2.72 bits per heavy atom. The Hall–Kier alpha value is -3.35. The molecule has 0 amide bonds. The SMILES string of the molecule is Cc1c(O)c(O)n(-c2ccc3nc[nH]c3c2)c1-c1cccc(F)c1F. The van der Waals surface area contributed by atoms with E-state index in [0.29, 0.717) is 11.2 Å². The maximum atomic E-state index is 14.3. The van der Waals surface area contributed by atoms with Crippen LogP contribution in [0.5, 0.6) is 11.6 Å². The molecule has 0 aliphatic rings. The number of fused-ring (bicyclic) bond motifs is 1. The molecule has 5 nitrogen and oxygen atoms in total. The molecule has 0 saturated carbocycles. The Balaban J connectivity index is 2.05. The molecule has 0 spiro atoms. The lowest BCUT2D eigenvalue weighted by molar-refractivity contribution is 0.386. The molecule has 0 radical (unpaired) electrons. The van der Waals surface area contributed by atoms with Crippen molar-refractivity contribution in [3.05, 3.63) is 59.9 Å². The smallest absolute Gasteiger partial charge is 0.240 e. The molecule has 2 aromatic carbocycles. The van der Waals surface area contributed by atoms with Gasteiger partial charge in [0.15, 0.2) is 17.4 Å². The molecule has 2 heterocycles. The van der Waals surface area contributed by atoms with E-state index in [1.807, 2.05) is 0 Å². The normalized spacial score (nSPS) is 11.3. The first-order valence-electron chi connectivity index (χ1n) is 7.50. The highest BCUT2D eigenvalue weighted by Crippen LogP contribution is 2.43. The number of nitrogens with zero attached hydrogens (tertiary/aromatic N) is 2. The van der Waals surface area contributed by atoms with Crippen LogP contribution in [-0.4, -0.2) is 24.7 Å². The van der Waals surface area contributed by atoms with E-state index in [1.165, 1.54) is 30.0 Å². The van der Waals surface area contributed by atoms with Crippen molar-refractivity contribution in [2.75, 3.05) is 0 Å². The Morgan fingerprint density at radius 1 is 1.12 bits per heavy atom. The highest BCUT2D eigenvalue weighted by Gasteiger charge is 2.25. The van der Waals surface area contributed by atoms with Crippen molar-refractivity contribution in [3.63, 3.8) is 0 Å². The molecule has 4 rings (SSSR count). The zero-order chi connectivity index (χ0) is 17.7. The second-order valence-electron chi connectivity index (χ2n) is 5.69. The maximum Gasteiger partial charge on any atom is 0.240 e. The predicted molar refractivity (Wildman–Crippen MR) is 88.8 cm³/mol. The van der Waals surface area contributed by atoms with Gasteiger partial charge in [-0.1, -0.05) is 6.07 Å². The minimum Gasteiger partial charge on any atom is -0.503 e. The molecule has 0 fully saturated rings. The number of aromatic hydroxyl groups is 2. The van der Waals surface area contributed by atoms with Crippen LogP contribution in [0, 0.1) is 18.6 Å². The molecule has 0 aliphatic carbocycles. The third kappa shape index (κ3) is 2.16. The van der Waals surface area contributed by atoms with E-state index in [1.54, 1.807) is 18.2 Å². The number of aromatic amines is 1. The van der Waals surface area contributed by atoms with Crippen LogP contribution >= 0.6 is 0 Å². The molecule has 0 unspecified atom stereocenters. The fraction of sp³-hybridized carbons (Fsp3) is 0.0556. The largest absolute Gasteiger partial charge is 0.503 e. The molecular weight excluding hydrogens is 328 g/mol. The lowest BCUT2D eigenvalue weighted by Crippen LogP contribution is -2.00. The summed E-state index contributed by atoms with van der Waals surface area (Å²) in [5.74, 6) is -2.89. The summed E-state index contributed by atoms with van der Waals surface area (Å²) < 4.78 is 29.3. The van der Waals surface area contributed by atoms with E-state index in [9.17, 15) is 19.0 Å². The summed E-state index contributed by atoms with van der Waals surface area (Å²) in [6, 6.07) is 8.86.